The smallest absolute Gasteiger partial charge is 0.509 e. The molecule has 0 saturated heterocycles. The molecular formula is C21H30ClF3N2O3SSi. The van der Waals surface area contributed by atoms with E-state index in [-0.39, 0.29) is 18.0 Å². The predicted molar refractivity (Wildman–Crippen MR) is 127 cm³/mol. The molecule has 1 atom stereocenters. The number of hydrogen-bond donors (Lipinski definition) is 0. The van der Waals surface area contributed by atoms with Crippen LogP contribution in [0.25, 0.3) is 6.08 Å². The number of thiocarbonyl (C=S) groups is 1. The molecular weight excluding hydrogens is 481 g/mol. The highest BCUT2D eigenvalue weighted by Gasteiger charge is 2.48. The normalized spacial score (nSPS) is 17.1. The number of quaternary nitrogens is 1. The second-order valence-electron chi connectivity index (χ2n) is 9.81. The van der Waals surface area contributed by atoms with Crippen molar-refractivity contribution in [3.05, 3.63) is 33.3 Å². The van der Waals surface area contributed by atoms with Crippen molar-refractivity contribution < 1.29 is 27.0 Å². The molecule has 1 aliphatic rings. The minimum atomic E-state index is -5.17. The topological polar surface area (TPSA) is 54.3 Å². The van der Waals surface area contributed by atoms with Crippen molar-refractivity contribution in [2.75, 3.05) is 13.6 Å². The van der Waals surface area contributed by atoms with Crippen LogP contribution < -0.4 is 0 Å². The van der Waals surface area contributed by atoms with E-state index in [4.69, 9.17) is 28.2 Å². The van der Waals surface area contributed by atoms with Gasteiger partial charge in [0.1, 0.15) is 0 Å². The van der Waals surface area contributed by atoms with Crippen molar-refractivity contribution in [2.24, 2.45) is 0 Å². The van der Waals surface area contributed by atoms with Crippen molar-refractivity contribution >= 4 is 49.0 Å². The van der Waals surface area contributed by atoms with Gasteiger partial charge < -0.3 is 14.2 Å². The van der Waals surface area contributed by atoms with E-state index in [1.807, 2.05) is 10.6 Å². The number of carbonyl (C=O) groups excluding carboxylic acids is 1. The second kappa shape index (κ2) is 9.30. The SMILES string of the molecule is CC(C)(C)[Si](C)(C)OCc1cc2c(n1CCC[N+](C)([O-])C(=O)C(F)(F)F)CC(=S)C(Cl)=C2. The Morgan fingerprint density at radius 2 is 1.94 bits per heavy atom. The summed E-state index contributed by atoms with van der Waals surface area (Å²) < 4.78 is 44.4. The molecule has 1 aromatic heterocycles. The Morgan fingerprint density at radius 3 is 2.47 bits per heavy atom. The number of alkyl halides is 3. The van der Waals surface area contributed by atoms with Gasteiger partial charge in [-0.2, -0.15) is 13.2 Å². The Hall–Kier alpha value is -1.04. The van der Waals surface area contributed by atoms with Gasteiger partial charge in [0.05, 0.1) is 25.2 Å². The summed E-state index contributed by atoms with van der Waals surface area (Å²) in [6.45, 7) is 10.8. The molecule has 1 aliphatic carbocycles. The van der Waals surface area contributed by atoms with Crippen LogP contribution >= 0.6 is 23.8 Å². The van der Waals surface area contributed by atoms with Gasteiger partial charge in [0.15, 0.2) is 8.32 Å². The number of fused-ring (bicyclic) bond motifs is 1. The average Bonchev–Trinajstić information content (AvgIpc) is 2.94. The van der Waals surface area contributed by atoms with Crippen molar-refractivity contribution in [1.82, 2.24) is 4.57 Å². The number of amides is 1. The third kappa shape index (κ3) is 6.09. The van der Waals surface area contributed by atoms with Crippen LogP contribution in [0.5, 0.6) is 0 Å². The Kier molecular flexibility index (Phi) is 7.91. The Morgan fingerprint density at radius 1 is 1.34 bits per heavy atom. The maximum atomic E-state index is 12.7. The number of hydrogen-bond acceptors (Lipinski definition) is 4. The van der Waals surface area contributed by atoms with E-state index in [2.05, 4.69) is 33.9 Å². The lowest BCUT2D eigenvalue weighted by Gasteiger charge is -2.36. The first-order chi connectivity index (χ1) is 14.4. The molecule has 1 amide bonds. The van der Waals surface area contributed by atoms with Crippen molar-refractivity contribution in [3.8, 4) is 0 Å². The van der Waals surface area contributed by atoms with Gasteiger partial charge in [-0.05, 0) is 35.8 Å². The molecule has 0 aromatic carbocycles. The first-order valence-electron chi connectivity index (χ1n) is 10.3. The minimum absolute atomic E-state index is 0.00856. The lowest BCUT2D eigenvalue weighted by molar-refractivity contribution is -0.789. The van der Waals surface area contributed by atoms with Gasteiger partial charge in [0.2, 0.25) is 0 Å². The fraction of sp³-hybridized carbons (Fsp3) is 0.619. The van der Waals surface area contributed by atoms with Crippen LogP contribution in [0.2, 0.25) is 18.1 Å². The molecule has 32 heavy (non-hydrogen) atoms. The highest BCUT2D eigenvalue weighted by Crippen LogP contribution is 2.37. The molecule has 0 spiro atoms. The Labute approximate surface area is 198 Å². The summed E-state index contributed by atoms with van der Waals surface area (Å²) in [7, 11) is -1.31. The fourth-order valence-electron chi connectivity index (χ4n) is 3.22. The van der Waals surface area contributed by atoms with Gasteiger partial charge in [-0.1, -0.05) is 44.6 Å². The molecule has 0 bridgehead atoms. The highest BCUT2D eigenvalue weighted by molar-refractivity contribution is 7.81. The van der Waals surface area contributed by atoms with Crippen LogP contribution in [0.1, 0.15) is 44.1 Å². The van der Waals surface area contributed by atoms with Gasteiger partial charge in [0, 0.05) is 35.6 Å². The van der Waals surface area contributed by atoms with Crippen LogP contribution in [0.15, 0.2) is 11.1 Å². The first-order valence-corrected chi connectivity index (χ1v) is 14.0. The van der Waals surface area contributed by atoms with Gasteiger partial charge in [-0.3, -0.25) is 4.65 Å². The standard InChI is InChI=1S/C21H30ClF3N2O3SSi/c1-20(2,3)32(5,6)30-13-15-10-14-11-16(22)18(31)12-17(14)26(15)8-7-9-27(4,29)19(28)21(23,24)25/h10-11H,7-9,12-13H2,1-6H3. The summed E-state index contributed by atoms with van der Waals surface area (Å²) in [6, 6.07) is 1.94. The maximum absolute atomic E-state index is 12.7. The summed E-state index contributed by atoms with van der Waals surface area (Å²) in [6.07, 6.45) is -2.89. The van der Waals surface area contributed by atoms with Crippen LogP contribution in [-0.2, 0) is 28.8 Å². The van der Waals surface area contributed by atoms with Crippen molar-refractivity contribution in [2.45, 2.75) is 71.1 Å². The molecule has 0 saturated carbocycles. The molecule has 5 nitrogen and oxygen atoms in total. The number of aromatic nitrogens is 1. The summed E-state index contributed by atoms with van der Waals surface area (Å²) >= 11 is 11.5. The molecule has 11 heteroatoms. The lowest BCUT2D eigenvalue weighted by Crippen LogP contribution is -2.51. The third-order valence-electron chi connectivity index (χ3n) is 6.23. The number of carbonyl (C=O) groups is 1. The van der Waals surface area contributed by atoms with Gasteiger partial charge >= 0.3 is 12.1 Å². The van der Waals surface area contributed by atoms with Gasteiger partial charge in [-0.25, -0.2) is 4.79 Å². The zero-order chi connectivity index (χ0) is 24.7. The summed E-state index contributed by atoms with van der Waals surface area (Å²) in [5.41, 5.74) is 2.60. The fourth-order valence-corrected chi connectivity index (χ4v) is 4.54. The monoisotopic (exact) mass is 510 g/mol. The van der Waals surface area contributed by atoms with E-state index < -0.39 is 31.6 Å². The highest BCUT2D eigenvalue weighted by atomic mass is 35.5. The van der Waals surface area contributed by atoms with Crippen molar-refractivity contribution in [1.29, 1.82) is 0 Å². The summed E-state index contributed by atoms with van der Waals surface area (Å²) in [5, 5.41) is 12.7. The maximum Gasteiger partial charge on any atom is 0.509 e. The van der Waals surface area contributed by atoms with Gasteiger partial charge in [0.25, 0.3) is 0 Å². The summed E-state index contributed by atoms with van der Waals surface area (Å²) in [5.74, 6) is -2.30. The van der Waals surface area contributed by atoms with E-state index in [1.165, 1.54) is 0 Å². The number of allylic oxidation sites excluding steroid dienone is 1. The minimum Gasteiger partial charge on any atom is -0.625 e. The van der Waals surface area contributed by atoms with Crippen LogP contribution in [0.3, 0.4) is 0 Å². The zero-order valence-electron chi connectivity index (χ0n) is 19.2. The zero-order valence-corrected chi connectivity index (χ0v) is 21.8. The van der Waals surface area contributed by atoms with Crippen LogP contribution in [0, 0.1) is 5.21 Å². The number of nitrogens with zero attached hydrogens (tertiary/aromatic N) is 2. The molecule has 1 heterocycles. The van der Waals surface area contributed by atoms with Crippen molar-refractivity contribution in [3.63, 3.8) is 0 Å². The molecule has 0 fully saturated rings. The Balaban J connectivity index is 2.27. The molecule has 1 aromatic rings. The van der Waals surface area contributed by atoms with Crippen LogP contribution in [0.4, 0.5) is 13.2 Å². The summed E-state index contributed by atoms with van der Waals surface area (Å²) in [4.78, 5) is 12.0. The van der Waals surface area contributed by atoms with Gasteiger partial charge in [-0.15, -0.1) is 0 Å². The van der Waals surface area contributed by atoms with E-state index in [1.54, 1.807) is 6.08 Å². The van der Waals surface area contributed by atoms with Crippen LogP contribution in [-0.4, -0.2) is 48.1 Å². The molecule has 2 rings (SSSR count). The van der Waals surface area contributed by atoms with E-state index in [0.717, 1.165) is 24.0 Å². The molecule has 0 N–H and O–H groups in total. The average molecular weight is 511 g/mol. The molecule has 0 aliphatic heterocycles. The number of halogens is 4. The van der Waals surface area contributed by atoms with E-state index in [9.17, 15) is 23.2 Å². The largest absolute Gasteiger partial charge is 0.625 e. The van der Waals surface area contributed by atoms with E-state index >= 15 is 0 Å². The molecule has 1 unspecified atom stereocenters. The van der Waals surface area contributed by atoms with E-state index in [0.29, 0.717) is 22.9 Å². The number of rotatable bonds is 7. The predicted octanol–water partition coefficient (Wildman–Crippen LogP) is 5.94. The molecule has 0 radical (unpaired) electrons. The third-order valence-corrected chi connectivity index (χ3v) is 11.5. The molecule has 180 valence electrons. The quantitative estimate of drug-likeness (QED) is 0.197. The lowest BCUT2D eigenvalue weighted by atomic mass is 10.0. The second-order valence-corrected chi connectivity index (χ2v) is 15.5. The first kappa shape index (κ1) is 27.2. The number of hydroxylamine groups is 3. The Bertz CT molecular complexity index is 934.